The van der Waals surface area contributed by atoms with Gasteiger partial charge in [0.2, 0.25) is 12.0 Å². The van der Waals surface area contributed by atoms with Crippen molar-refractivity contribution in [2.24, 2.45) is 28.8 Å². The number of oxime groups is 1. The van der Waals surface area contributed by atoms with Gasteiger partial charge in [-0.05, 0) is 105 Å². The van der Waals surface area contributed by atoms with E-state index in [1.165, 1.54) is 34.3 Å². The minimum atomic E-state index is -2.09. The van der Waals surface area contributed by atoms with Gasteiger partial charge in [0.15, 0.2) is 18.7 Å². The van der Waals surface area contributed by atoms with E-state index >= 15 is 0 Å². The largest absolute Gasteiger partial charge is 0.477 e. The number of esters is 2. The van der Waals surface area contributed by atoms with E-state index < -0.39 is 138 Å². The van der Waals surface area contributed by atoms with Crippen molar-refractivity contribution in [1.29, 1.82) is 0 Å². The second kappa shape index (κ2) is 29.4. The zero-order chi connectivity index (χ0) is 62.1. The molecule has 5 rings (SSSR count). The number of carbonyl (C=O) groups excluding carboxylic acids is 3. The molecule has 1 aromatic carbocycles. The molecule has 0 bridgehead atoms. The summed E-state index contributed by atoms with van der Waals surface area (Å²) in [4.78, 5) is 72.4. The maximum atomic E-state index is 14.7. The lowest BCUT2D eigenvalue weighted by molar-refractivity contribution is -0.317. The number of carbonyl (C=O) groups is 4. The Bertz CT molecular complexity index is 2600. The summed E-state index contributed by atoms with van der Waals surface area (Å²) in [5.74, 6) is -6.80. The third-order valence-corrected chi connectivity index (χ3v) is 16.6. The van der Waals surface area contributed by atoms with Crippen LogP contribution >= 0.6 is 0 Å². The predicted molar refractivity (Wildman–Crippen MR) is 303 cm³/mol. The standard InChI is InChI=1S/C58H93N5O20/c1-17-42-58(10,73)49(67)33(4)45(60-77-30-43(64)74-15)31(2)27-56(8,72)50(82-54-47(66)41(61(11)12)25-32(3)78-54)34(5)48(35(6)53(70)80-42)81-44-28-57(9,75-16)51(36(7)79-44)83-55(71)59-22-24-76-23-18-19-37-20-21-40-38(26-37)46(65)39(52(68)69)29-63(40)62(13)14/h20-21,26,29,31-36,41-42,44,47-51,54,66-67,72-73H,17-19,22-25,27-28,30H2,1-16H3,(H,59,71)(H,68,69)/t31-,32-,33-,34+,35-,36+,41+,42-,44+,47-,48+,49-,50-,51+,54+,56-,57-,58-/m1/s1. The number of ether oxygens (including phenoxy) is 9. The molecule has 2 aromatic rings. The van der Waals surface area contributed by atoms with E-state index in [2.05, 4.69) is 10.5 Å². The normalized spacial score (nSPS) is 35.3. The number of cyclic esters (lactones) is 1. The highest BCUT2D eigenvalue weighted by Gasteiger charge is 2.54. The second-order valence-corrected chi connectivity index (χ2v) is 23.7. The van der Waals surface area contributed by atoms with Gasteiger partial charge in [-0.25, -0.2) is 14.4 Å². The van der Waals surface area contributed by atoms with E-state index in [9.17, 15) is 49.5 Å². The van der Waals surface area contributed by atoms with Crippen LogP contribution in [0.1, 0.15) is 117 Å². The van der Waals surface area contributed by atoms with Crippen molar-refractivity contribution < 1.29 is 92.2 Å². The smallest absolute Gasteiger partial charge is 0.407 e. The Balaban J connectivity index is 1.36. The van der Waals surface area contributed by atoms with Gasteiger partial charge in [0, 0.05) is 76.2 Å². The van der Waals surface area contributed by atoms with Crippen LogP contribution in [0.3, 0.4) is 0 Å². The van der Waals surface area contributed by atoms with Crippen LogP contribution in [-0.4, -0.2) is 218 Å². The van der Waals surface area contributed by atoms with E-state index in [-0.39, 0.29) is 55.2 Å². The Labute approximate surface area is 486 Å². The van der Waals surface area contributed by atoms with Crippen LogP contribution in [0.2, 0.25) is 0 Å². The number of methoxy groups -OCH3 is 2. The number of hydrogen-bond acceptors (Lipinski definition) is 22. The second-order valence-electron chi connectivity index (χ2n) is 23.7. The minimum absolute atomic E-state index is 0.0448. The molecular formula is C58H93N5O20. The van der Waals surface area contributed by atoms with E-state index in [4.69, 9.17) is 47.5 Å². The fourth-order valence-corrected chi connectivity index (χ4v) is 11.9. The van der Waals surface area contributed by atoms with E-state index in [1.54, 1.807) is 84.4 Å². The molecule has 83 heavy (non-hydrogen) atoms. The van der Waals surface area contributed by atoms with Gasteiger partial charge < -0.3 is 88.2 Å². The van der Waals surface area contributed by atoms with Crippen LogP contribution in [0.5, 0.6) is 0 Å². The van der Waals surface area contributed by atoms with Gasteiger partial charge in [-0.3, -0.25) is 14.3 Å². The van der Waals surface area contributed by atoms with Crippen LogP contribution in [0.4, 0.5) is 4.79 Å². The third kappa shape index (κ3) is 16.7. The summed E-state index contributed by atoms with van der Waals surface area (Å²) in [7, 11) is 9.78. The third-order valence-electron chi connectivity index (χ3n) is 16.6. The van der Waals surface area contributed by atoms with Gasteiger partial charge in [-0.2, -0.15) is 0 Å². The first-order valence-corrected chi connectivity index (χ1v) is 28.6. The number of rotatable bonds is 20. The molecule has 470 valence electrons. The zero-order valence-electron chi connectivity index (χ0n) is 51.2. The monoisotopic (exact) mass is 1180 g/mol. The summed E-state index contributed by atoms with van der Waals surface area (Å²) in [5, 5.41) is 67.5. The number of amides is 1. The zero-order valence-corrected chi connectivity index (χ0v) is 51.2. The Morgan fingerprint density at radius 2 is 1.60 bits per heavy atom. The van der Waals surface area contributed by atoms with Crippen LogP contribution in [0.25, 0.3) is 10.9 Å². The molecule has 0 spiro atoms. The predicted octanol–water partition coefficient (Wildman–Crippen LogP) is 3.36. The maximum absolute atomic E-state index is 14.7. The average molecular weight is 1180 g/mol. The molecule has 6 N–H and O–H groups in total. The van der Waals surface area contributed by atoms with Crippen LogP contribution in [0.15, 0.2) is 34.3 Å². The summed E-state index contributed by atoms with van der Waals surface area (Å²) in [6, 6.07) is 4.95. The fraction of sp³-hybridized carbons (Fsp3) is 0.759. The molecule has 1 amide bonds. The molecule has 3 aliphatic rings. The molecule has 25 heteroatoms. The minimum Gasteiger partial charge on any atom is -0.477 e. The van der Waals surface area contributed by atoms with Crippen molar-refractivity contribution in [3.63, 3.8) is 0 Å². The Morgan fingerprint density at radius 1 is 0.916 bits per heavy atom. The molecule has 0 aliphatic carbocycles. The molecule has 3 fully saturated rings. The van der Waals surface area contributed by atoms with Gasteiger partial charge in [-0.15, -0.1) is 0 Å². The Hall–Kier alpha value is -5.06. The summed E-state index contributed by atoms with van der Waals surface area (Å²) < 4.78 is 56.7. The average Bonchev–Trinajstić information content (AvgIpc) is 2.45. The molecule has 1 aromatic heterocycles. The Morgan fingerprint density at radius 3 is 2.22 bits per heavy atom. The number of benzene rings is 1. The number of fused-ring (bicyclic) bond motifs is 1. The maximum Gasteiger partial charge on any atom is 0.407 e. The lowest BCUT2D eigenvalue weighted by Crippen LogP contribution is -2.61. The number of likely N-dealkylation sites (N-methyl/N-ethyl adjacent to an activating group) is 1. The summed E-state index contributed by atoms with van der Waals surface area (Å²) in [6.45, 7) is 16.4. The van der Waals surface area contributed by atoms with Crippen molar-refractivity contribution in [3.8, 4) is 0 Å². The number of nitrogens with one attached hydrogen (secondary N) is 1. The number of pyridine rings is 1. The number of aliphatic hydroxyl groups excluding tert-OH is 2. The lowest BCUT2D eigenvalue weighted by Gasteiger charge is -2.49. The van der Waals surface area contributed by atoms with Crippen molar-refractivity contribution in [1.82, 2.24) is 14.9 Å². The van der Waals surface area contributed by atoms with Crippen LogP contribution in [-0.2, 0) is 63.5 Å². The van der Waals surface area contributed by atoms with E-state index in [0.29, 0.717) is 31.4 Å². The van der Waals surface area contributed by atoms with E-state index in [1.807, 2.05) is 32.0 Å². The molecular weight excluding hydrogens is 1090 g/mol. The van der Waals surface area contributed by atoms with Crippen molar-refractivity contribution >= 4 is 40.6 Å². The van der Waals surface area contributed by atoms with Gasteiger partial charge in [-0.1, -0.05) is 38.9 Å². The number of carboxylic acids is 1. The molecule has 0 saturated carbocycles. The van der Waals surface area contributed by atoms with Crippen molar-refractivity contribution in [2.45, 2.75) is 192 Å². The first-order valence-electron chi connectivity index (χ1n) is 28.6. The SMILES string of the molecule is CC[C@H]1OC(=O)[C@H](C)[C@@H](O[C@H]2C[C@@](C)(OC)[C@@H](OC(=O)NCCOCCCc3ccc4c(c3)c(=O)c(C(=O)O)cn4N(C)C)[C@H](C)O2)[C@H](C)[C@@H](O[C@@H]2O[C@H](C)C[C@H](N(C)C)[C@H]2O)[C@](C)(O)C[C@@H](C)C(=NOCC(=O)OC)[C@@H](C)[C@@H](O)[C@]1(C)O. The highest BCUT2D eigenvalue weighted by molar-refractivity contribution is 5.93. The number of aliphatic hydroxyl groups is 4. The summed E-state index contributed by atoms with van der Waals surface area (Å²) in [5.41, 5.74) is -4.58. The molecule has 0 radical (unpaired) electrons. The number of nitrogens with zero attached hydrogens (tertiary/aromatic N) is 4. The molecule has 25 nitrogen and oxygen atoms in total. The summed E-state index contributed by atoms with van der Waals surface area (Å²) in [6.07, 6.45) is -9.37. The number of aromatic carboxylic acids is 1. The van der Waals surface area contributed by atoms with Crippen molar-refractivity contribution in [2.75, 3.05) is 73.8 Å². The molecule has 0 unspecified atom stereocenters. The number of alkyl carbamates (subject to hydrolysis) is 1. The highest BCUT2D eigenvalue weighted by Crippen LogP contribution is 2.42. The number of aryl methyl sites for hydroxylation is 1. The quantitative estimate of drug-likeness (QED) is 0.0479. The first kappa shape index (κ1) is 68.7. The van der Waals surface area contributed by atoms with Gasteiger partial charge in [0.1, 0.15) is 29.0 Å². The molecule has 3 saturated heterocycles. The van der Waals surface area contributed by atoms with Gasteiger partial charge in [0.05, 0.1) is 67.0 Å². The van der Waals surface area contributed by atoms with E-state index in [0.717, 1.165) is 5.56 Å². The highest BCUT2D eigenvalue weighted by atomic mass is 16.7. The number of aromatic nitrogens is 1. The molecule has 18 atom stereocenters. The molecule has 4 heterocycles. The number of hydrogen-bond donors (Lipinski definition) is 6. The number of carboxylic acid groups (broad SMARTS) is 1. The Kier molecular flexibility index (Phi) is 24.3. The fourth-order valence-electron chi connectivity index (χ4n) is 11.9. The molecule has 3 aliphatic heterocycles. The topological polar surface area (TPSA) is 315 Å². The van der Waals surface area contributed by atoms with Crippen LogP contribution in [0, 0.1) is 23.7 Å². The first-order chi connectivity index (χ1) is 38.8. The van der Waals surface area contributed by atoms with Crippen molar-refractivity contribution in [3.05, 3.63) is 45.7 Å². The van der Waals surface area contributed by atoms with Gasteiger partial charge in [0.25, 0.3) is 0 Å². The summed E-state index contributed by atoms with van der Waals surface area (Å²) >= 11 is 0. The lowest BCUT2D eigenvalue weighted by atomic mass is 9.73. The van der Waals surface area contributed by atoms with Gasteiger partial charge >= 0.3 is 24.0 Å². The van der Waals surface area contributed by atoms with Crippen LogP contribution < -0.4 is 15.8 Å².